The average molecular weight is 248 g/mol. The molecule has 6 heteroatoms. The zero-order valence-electron chi connectivity index (χ0n) is 11.1. The topological polar surface area (TPSA) is 82.1 Å². The molecular formula is C12H20N6. The first-order valence-electron chi connectivity index (χ1n) is 6.04. The lowest BCUT2D eigenvalue weighted by Gasteiger charge is -2.45. The second kappa shape index (κ2) is 4.53. The fraction of sp³-hybridized carbons (Fsp3) is 0.583. The molecule has 6 nitrogen and oxygen atoms in total. The fourth-order valence-electron chi connectivity index (χ4n) is 2.19. The lowest BCUT2D eigenvalue weighted by atomic mass is 9.99. The molecule has 1 aromatic heterocycles. The second-order valence-electron chi connectivity index (χ2n) is 5.34. The summed E-state index contributed by atoms with van der Waals surface area (Å²) in [7, 11) is 2.12. The van der Waals surface area contributed by atoms with Crippen LogP contribution in [0.15, 0.2) is 12.3 Å². The number of nitrogens with two attached hydrogens (primary N) is 1. The lowest BCUT2D eigenvalue weighted by Crippen LogP contribution is -2.58. The molecule has 0 spiro atoms. The third-order valence-electron chi connectivity index (χ3n) is 3.61. The van der Waals surface area contributed by atoms with Gasteiger partial charge in [0.05, 0.1) is 11.8 Å². The van der Waals surface area contributed by atoms with Gasteiger partial charge in [-0.1, -0.05) is 0 Å². The summed E-state index contributed by atoms with van der Waals surface area (Å²) in [6.07, 6.45) is 1.57. The Hall–Kier alpha value is -1.69. The number of rotatable bonds is 2. The third-order valence-corrected chi connectivity index (χ3v) is 3.61. The molecule has 1 saturated heterocycles. The van der Waals surface area contributed by atoms with Crippen LogP contribution in [0, 0.1) is 5.41 Å². The molecule has 0 aliphatic carbocycles. The van der Waals surface area contributed by atoms with Gasteiger partial charge in [0.15, 0.2) is 5.82 Å². The van der Waals surface area contributed by atoms with E-state index in [0.717, 1.165) is 19.6 Å². The van der Waals surface area contributed by atoms with Gasteiger partial charge in [-0.05, 0) is 27.0 Å². The van der Waals surface area contributed by atoms with Crippen molar-refractivity contribution in [3.8, 4) is 0 Å². The summed E-state index contributed by atoms with van der Waals surface area (Å²) in [4.78, 5) is 4.48. The molecule has 0 atom stereocenters. The monoisotopic (exact) mass is 248 g/mol. The molecule has 0 amide bonds. The van der Waals surface area contributed by atoms with Crippen LogP contribution in [0.5, 0.6) is 0 Å². The van der Waals surface area contributed by atoms with Crippen molar-refractivity contribution < 1.29 is 0 Å². The fourth-order valence-corrected chi connectivity index (χ4v) is 2.19. The summed E-state index contributed by atoms with van der Waals surface area (Å²) < 4.78 is 0. The number of nitrogen functional groups attached to an aromatic ring is 1. The molecule has 18 heavy (non-hydrogen) atoms. The van der Waals surface area contributed by atoms with Gasteiger partial charge in [0.2, 0.25) is 0 Å². The lowest BCUT2D eigenvalue weighted by molar-refractivity contribution is 0.138. The quantitative estimate of drug-likeness (QED) is 0.581. The van der Waals surface area contributed by atoms with Crippen molar-refractivity contribution in [2.75, 3.05) is 31.6 Å². The number of amidine groups is 1. The van der Waals surface area contributed by atoms with Crippen molar-refractivity contribution in [2.45, 2.75) is 19.4 Å². The van der Waals surface area contributed by atoms with Gasteiger partial charge >= 0.3 is 0 Å². The maximum Gasteiger partial charge on any atom is 0.162 e. The van der Waals surface area contributed by atoms with E-state index < -0.39 is 0 Å². The zero-order valence-corrected chi connectivity index (χ0v) is 11.1. The summed E-state index contributed by atoms with van der Waals surface area (Å²) in [6.45, 7) is 7.08. The number of piperazine rings is 1. The normalized spacial score (nSPS) is 19.8. The Labute approximate surface area is 107 Å². The van der Waals surface area contributed by atoms with Crippen molar-refractivity contribution in [3.63, 3.8) is 0 Å². The van der Waals surface area contributed by atoms with Crippen LogP contribution in [0.1, 0.15) is 19.4 Å². The van der Waals surface area contributed by atoms with Crippen molar-refractivity contribution in [1.82, 2.24) is 15.1 Å². The molecule has 1 aliphatic rings. The second-order valence-corrected chi connectivity index (χ2v) is 5.34. The summed E-state index contributed by atoms with van der Waals surface area (Å²) in [5.41, 5.74) is 6.33. The number of anilines is 1. The molecule has 2 heterocycles. The van der Waals surface area contributed by atoms with Gasteiger partial charge in [0.1, 0.15) is 5.84 Å². The first-order chi connectivity index (χ1) is 8.42. The molecule has 0 bridgehead atoms. The van der Waals surface area contributed by atoms with Crippen molar-refractivity contribution in [1.29, 1.82) is 5.41 Å². The third kappa shape index (κ3) is 2.28. The Kier molecular flexibility index (Phi) is 3.21. The van der Waals surface area contributed by atoms with Crippen LogP contribution in [0.4, 0.5) is 5.82 Å². The molecule has 2 rings (SSSR count). The minimum atomic E-state index is 0.0386. The van der Waals surface area contributed by atoms with Crippen molar-refractivity contribution >= 4 is 11.7 Å². The molecule has 0 radical (unpaired) electrons. The van der Waals surface area contributed by atoms with E-state index >= 15 is 0 Å². The van der Waals surface area contributed by atoms with Gasteiger partial charge in [-0.3, -0.25) is 10.3 Å². The number of hydrogen-bond donors (Lipinski definition) is 2. The van der Waals surface area contributed by atoms with E-state index in [1.165, 1.54) is 0 Å². The molecule has 0 unspecified atom stereocenters. The van der Waals surface area contributed by atoms with Crippen LogP contribution in [-0.4, -0.2) is 53.2 Å². The number of nitrogens with one attached hydrogen (secondary N) is 1. The van der Waals surface area contributed by atoms with Gasteiger partial charge in [-0.15, -0.1) is 5.10 Å². The number of aromatic nitrogens is 2. The largest absolute Gasteiger partial charge is 0.384 e. The van der Waals surface area contributed by atoms with E-state index in [1.54, 1.807) is 12.3 Å². The molecule has 1 fully saturated rings. The number of nitrogens with zero attached hydrogens (tertiary/aromatic N) is 4. The summed E-state index contributed by atoms with van der Waals surface area (Å²) in [6, 6.07) is 1.75. The predicted molar refractivity (Wildman–Crippen MR) is 72.0 cm³/mol. The van der Waals surface area contributed by atoms with Crippen molar-refractivity contribution in [3.05, 3.63) is 17.8 Å². The molecule has 98 valence electrons. The maximum absolute atomic E-state index is 7.61. The molecule has 0 aromatic carbocycles. The van der Waals surface area contributed by atoms with Gasteiger partial charge in [-0.25, -0.2) is 0 Å². The van der Waals surface area contributed by atoms with Crippen molar-refractivity contribution in [2.24, 2.45) is 5.73 Å². The Bertz CT molecular complexity index is 456. The minimum absolute atomic E-state index is 0.0386. The zero-order chi connectivity index (χ0) is 13.3. The highest BCUT2D eigenvalue weighted by molar-refractivity contribution is 5.99. The van der Waals surface area contributed by atoms with E-state index in [-0.39, 0.29) is 11.4 Å². The van der Waals surface area contributed by atoms with E-state index in [2.05, 4.69) is 40.9 Å². The van der Waals surface area contributed by atoms with Crippen LogP contribution in [0.3, 0.4) is 0 Å². The predicted octanol–water partition coefficient (Wildman–Crippen LogP) is 0.291. The van der Waals surface area contributed by atoms with Crippen LogP contribution >= 0.6 is 0 Å². The standard InChI is InChI=1S/C12H20N6/c1-12(2)8-18(7-6-17(12)3)11-9(10(13)14)4-5-15-16-11/h4-5H,6-8H2,1-3H3,(H3,13,14). The summed E-state index contributed by atoms with van der Waals surface area (Å²) in [5, 5.41) is 15.7. The molecule has 3 N–H and O–H groups in total. The Balaban J connectivity index is 2.30. The van der Waals surface area contributed by atoms with Crippen LogP contribution in [-0.2, 0) is 0 Å². The van der Waals surface area contributed by atoms with E-state index in [1.807, 2.05) is 0 Å². The first-order valence-corrected chi connectivity index (χ1v) is 6.04. The van der Waals surface area contributed by atoms with Crippen LogP contribution in [0.2, 0.25) is 0 Å². The summed E-state index contributed by atoms with van der Waals surface area (Å²) >= 11 is 0. The van der Waals surface area contributed by atoms with E-state index in [9.17, 15) is 0 Å². The van der Waals surface area contributed by atoms with Gasteiger partial charge in [0, 0.05) is 25.2 Å². The van der Waals surface area contributed by atoms with Gasteiger partial charge < -0.3 is 10.6 Å². The Morgan fingerprint density at radius 1 is 1.44 bits per heavy atom. The number of hydrogen-bond acceptors (Lipinski definition) is 5. The van der Waals surface area contributed by atoms with Gasteiger partial charge in [0.25, 0.3) is 0 Å². The highest BCUT2D eigenvalue weighted by Gasteiger charge is 2.32. The number of likely N-dealkylation sites (N-methyl/N-ethyl adjacent to an activating group) is 1. The minimum Gasteiger partial charge on any atom is -0.384 e. The van der Waals surface area contributed by atoms with Gasteiger partial charge in [-0.2, -0.15) is 5.10 Å². The molecule has 1 aromatic rings. The Morgan fingerprint density at radius 3 is 2.78 bits per heavy atom. The molecule has 1 aliphatic heterocycles. The van der Waals surface area contributed by atoms with Crippen LogP contribution < -0.4 is 10.6 Å². The van der Waals surface area contributed by atoms with E-state index in [0.29, 0.717) is 11.4 Å². The average Bonchev–Trinajstić information content (AvgIpc) is 2.32. The molecule has 0 saturated carbocycles. The highest BCUT2D eigenvalue weighted by Crippen LogP contribution is 2.24. The highest BCUT2D eigenvalue weighted by atomic mass is 15.3. The molecular weight excluding hydrogens is 228 g/mol. The summed E-state index contributed by atoms with van der Waals surface area (Å²) in [5.74, 6) is 0.753. The van der Waals surface area contributed by atoms with E-state index in [4.69, 9.17) is 11.1 Å². The van der Waals surface area contributed by atoms with Crippen LogP contribution in [0.25, 0.3) is 0 Å². The first kappa shape index (κ1) is 12.8. The SMILES string of the molecule is CN1CCN(c2nnccc2C(=N)N)CC1(C)C. The maximum atomic E-state index is 7.61. The Morgan fingerprint density at radius 2 is 2.17 bits per heavy atom. The smallest absolute Gasteiger partial charge is 0.162 e.